The monoisotopic (exact) mass is 801 g/mol. The molecule has 0 spiro atoms. The van der Waals surface area contributed by atoms with Crippen molar-refractivity contribution in [3.63, 3.8) is 0 Å². The smallest absolute Gasteiger partial charge is 0.137 e. The molecule has 2 nitrogen and oxygen atoms in total. The average molecular weight is 802 g/mol. The second kappa shape index (κ2) is 13.9. The van der Waals surface area contributed by atoms with E-state index in [0.29, 0.717) is 0 Å². The highest BCUT2D eigenvalue weighted by Gasteiger charge is 2.47. The van der Waals surface area contributed by atoms with Crippen molar-refractivity contribution in [2.45, 2.75) is 5.41 Å². The van der Waals surface area contributed by atoms with Crippen LogP contribution in [0.15, 0.2) is 241 Å². The number of fused-ring (bicyclic) bond motifs is 10. The van der Waals surface area contributed by atoms with Crippen LogP contribution in [0, 0.1) is 0 Å². The molecule has 0 fully saturated rings. The summed E-state index contributed by atoms with van der Waals surface area (Å²) in [5, 5.41) is 9.39. The summed E-state index contributed by atoms with van der Waals surface area (Å²) >= 11 is 0. The van der Waals surface area contributed by atoms with Gasteiger partial charge < -0.3 is 9.32 Å². The zero-order valence-corrected chi connectivity index (χ0v) is 34.4. The molecule has 1 heterocycles. The summed E-state index contributed by atoms with van der Waals surface area (Å²) in [6.45, 7) is 0. The highest BCUT2D eigenvalue weighted by molar-refractivity contribution is 6.25. The van der Waals surface area contributed by atoms with Crippen LogP contribution in [0.1, 0.15) is 22.3 Å². The van der Waals surface area contributed by atoms with Crippen molar-refractivity contribution in [1.82, 2.24) is 0 Å². The minimum atomic E-state index is -0.572. The lowest BCUT2D eigenvalue weighted by Gasteiger charge is -2.35. The summed E-state index contributed by atoms with van der Waals surface area (Å²) in [7, 11) is 0. The molecule has 0 atom stereocenters. The van der Waals surface area contributed by atoms with E-state index < -0.39 is 5.41 Å². The third-order valence-electron chi connectivity index (χ3n) is 13.5. The Kier molecular flexibility index (Phi) is 7.85. The standard InChI is InChI=1S/C61H39NO/c1-3-21-43(22-4-1)61(44-23-5-2-6-24-44)51-31-15-13-29-49(51)58-52(61)32-17-33-53(58)62(54-34-18-36-56-59(54)50-30-14-16-35-55(50)63-56)60-48-28-12-10-26-46(48)45-25-9-11-27-47(45)57(60)42-38-37-40-19-7-8-20-41(40)39-42/h1-39H. The van der Waals surface area contributed by atoms with E-state index in [1.54, 1.807) is 0 Å². The van der Waals surface area contributed by atoms with E-state index in [2.05, 4.69) is 241 Å². The minimum Gasteiger partial charge on any atom is -0.456 e. The molecule has 294 valence electrons. The molecule has 0 unspecified atom stereocenters. The van der Waals surface area contributed by atoms with Crippen LogP contribution in [0.5, 0.6) is 0 Å². The molecular formula is C61H39NO. The van der Waals surface area contributed by atoms with Crippen LogP contribution in [-0.4, -0.2) is 0 Å². The number of benzene rings is 11. The van der Waals surface area contributed by atoms with Crippen LogP contribution in [0.2, 0.25) is 0 Å². The van der Waals surface area contributed by atoms with Gasteiger partial charge in [0.2, 0.25) is 0 Å². The van der Waals surface area contributed by atoms with Gasteiger partial charge in [-0.15, -0.1) is 0 Å². The molecule has 11 aromatic carbocycles. The van der Waals surface area contributed by atoms with Crippen molar-refractivity contribution in [2.24, 2.45) is 0 Å². The van der Waals surface area contributed by atoms with Gasteiger partial charge in [0, 0.05) is 21.9 Å². The molecule has 0 N–H and O–H groups in total. The minimum absolute atomic E-state index is 0.572. The van der Waals surface area contributed by atoms with Gasteiger partial charge in [0.15, 0.2) is 0 Å². The molecule has 63 heavy (non-hydrogen) atoms. The number of furan rings is 1. The second-order valence-electron chi connectivity index (χ2n) is 16.7. The van der Waals surface area contributed by atoms with E-state index in [1.807, 2.05) is 0 Å². The number of para-hydroxylation sites is 1. The van der Waals surface area contributed by atoms with Crippen molar-refractivity contribution in [3.05, 3.63) is 259 Å². The van der Waals surface area contributed by atoms with Gasteiger partial charge in [-0.2, -0.15) is 0 Å². The molecule has 2 heteroatoms. The molecule has 1 aliphatic carbocycles. The number of anilines is 3. The zero-order valence-electron chi connectivity index (χ0n) is 34.4. The first-order valence-corrected chi connectivity index (χ1v) is 21.8. The van der Waals surface area contributed by atoms with Gasteiger partial charge in [0.05, 0.1) is 27.9 Å². The van der Waals surface area contributed by atoms with Crippen LogP contribution in [0.3, 0.4) is 0 Å². The molecule has 13 rings (SSSR count). The molecule has 12 aromatic rings. The molecule has 0 bridgehead atoms. The van der Waals surface area contributed by atoms with E-state index in [9.17, 15) is 0 Å². The highest BCUT2D eigenvalue weighted by Crippen LogP contribution is 2.61. The fourth-order valence-corrected chi connectivity index (χ4v) is 11.0. The van der Waals surface area contributed by atoms with Crippen molar-refractivity contribution >= 4 is 71.3 Å². The van der Waals surface area contributed by atoms with E-state index in [4.69, 9.17) is 4.42 Å². The Morgan fingerprint density at radius 2 is 0.905 bits per heavy atom. The number of hydrogen-bond donors (Lipinski definition) is 0. The summed E-state index contributed by atoms with van der Waals surface area (Å²) in [4.78, 5) is 2.59. The van der Waals surface area contributed by atoms with Crippen molar-refractivity contribution in [1.29, 1.82) is 0 Å². The van der Waals surface area contributed by atoms with Gasteiger partial charge in [-0.05, 0) is 90.6 Å². The van der Waals surface area contributed by atoms with E-state index in [0.717, 1.165) is 44.6 Å². The Morgan fingerprint density at radius 3 is 1.68 bits per heavy atom. The van der Waals surface area contributed by atoms with Crippen molar-refractivity contribution < 1.29 is 4.42 Å². The number of hydrogen-bond acceptors (Lipinski definition) is 2. The normalized spacial score (nSPS) is 12.9. The highest BCUT2D eigenvalue weighted by atomic mass is 16.3. The number of nitrogens with zero attached hydrogens (tertiary/aromatic N) is 1. The predicted octanol–water partition coefficient (Wildman–Crippen LogP) is 16.5. The maximum Gasteiger partial charge on any atom is 0.137 e. The molecule has 1 aliphatic rings. The topological polar surface area (TPSA) is 16.4 Å². The summed E-state index contributed by atoms with van der Waals surface area (Å²) in [5.41, 5.74) is 14.2. The molecule has 0 saturated carbocycles. The van der Waals surface area contributed by atoms with Crippen LogP contribution in [0.4, 0.5) is 17.1 Å². The van der Waals surface area contributed by atoms with Gasteiger partial charge in [-0.1, -0.05) is 206 Å². The first kappa shape index (κ1) is 35.5. The third-order valence-corrected chi connectivity index (χ3v) is 13.5. The molecular weight excluding hydrogens is 763 g/mol. The van der Waals surface area contributed by atoms with Crippen molar-refractivity contribution in [3.8, 4) is 22.3 Å². The van der Waals surface area contributed by atoms with E-state index in [1.165, 1.54) is 71.3 Å². The number of rotatable bonds is 6. The van der Waals surface area contributed by atoms with Crippen LogP contribution < -0.4 is 4.90 Å². The Balaban J connectivity index is 1.24. The lowest BCUT2D eigenvalue weighted by atomic mass is 9.68. The van der Waals surface area contributed by atoms with Crippen LogP contribution in [0.25, 0.3) is 76.5 Å². The maximum absolute atomic E-state index is 6.71. The molecule has 0 amide bonds. The molecule has 0 saturated heterocycles. The Labute approximate surface area is 365 Å². The summed E-state index contributed by atoms with van der Waals surface area (Å²) < 4.78 is 6.71. The fraction of sp³-hybridized carbons (Fsp3) is 0.0164. The fourth-order valence-electron chi connectivity index (χ4n) is 11.0. The van der Waals surface area contributed by atoms with E-state index in [-0.39, 0.29) is 0 Å². The first-order chi connectivity index (χ1) is 31.3. The van der Waals surface area contributed by atoms with Crippen LogP contribution in [-0.2, 0) is 5.41 Å². The average Bonchev–Trinajstić information content (AvgIpc) is 3.89. The van der Waals surface area contributed by atoms with Crippen molar-refractivity contribution in [2.75, 3.05) is 4.90 Å². The lowest BCUT2D eigenvalue weighted by Crippen LogP contribution is -2.28. The Bertz CT molecular complexity index is 3710. The van der Waals surface area contributed by atoms with Gasteiger partial charge >= 0.3 is 0 Å². The largest absolute Gasteiger partial charge is 0.456 e. The summed E-state index contributed by atoms with van der Waals surface area (Å²) in [6, 6.07) is 86.8. The molecule has 1 aromatic heterocycles. The van der Waals surface area contributed by atoms with Gasteiger partial charge in [0.1, 0.15) is 11.2 Å². The Hall–Kier alpha value is -8.20. The summed E-state index contributed by atoms with van der Waals surface area (Å²) in [5.74, 6) is 0. The van der Waals surface area contributed by atoms with Crippen LogP contribution >= 0.6 is 0 Å². The summed E-state index contributed by atoms with van der Waals surface area (Å²) in [6.07, 6.45) is 0. The van der Waals surface area contributed by atoms with Gasteiger partial charge in [-0.25, -0.2) is 0 Å². The molecule has 0 aliphatic heterocycles. The predicted molar refractivity (Wildman–Crippen MR) is 264 cm³/mol. The lowest BCUT2D eigenvalue weighted by molar-refractivity contribution is 0.669. The maximum atomic E-state index is 6.71. The van der Waals surface area contributed by atoms with Gasteiger partial charge in [-0.3, -0.25) is 0 Å². The van der Waals surface area contributed by atoms with Gasteiger partial charge in [0.25, 0.3) is 0 Å². The quantitative estimate of drug-likeness (QED) is 0.156. The third kappa shape index (κ3) is 5.13. The Morgan fingerprint density at radius 1 is 0.349 bits per heavy atom. The second-order valence-corrected chi connectivity index (χ2v) is 16.7. The zero-order chi connectivity index (χ0) is 41.5. The van der Waals surface area contributed by atoms with E-state index >= 15 is 0 Å². The molecule has 0 radical (unpaired) electrons. The first-order valence-electron chi connectivity index (χ1n) is 21.8. The SMILES string of the molecule is c1ccc(C2(c3ccccc3)c3ccccc3-c3c(N(c4c(-c5ccc6ccccc6c5)c5ccccc5c5ccccc45)c4cccc5oc6ccccc6c45)cccc32)cc1.